The molecule has 0 saturated heterocycles. The maximum absolute atomic E-state index is 5.75. The Balaban J connectivity index is 2.04. The third kappa shape index (κ3) is 3.81. The van der Waals surface area contributed by atoms with Crippen molar-refractivity contribution < 1.29 is 0 Å². The number of guanidine groups is 1. The first kappa shape index (κ1) is 13.1. The van der Waals surface area contributed by atoms with E-state index >= 15 is 0 Å². The smallest absolute Gasteiger partial charge is 0.189 e. The Morgan fingerprint density at radius 2 is 2.11 bits per heavy atom. The maximum atomic E-state index is 5.75. The van der Waals surface area contributed by atoms with Crippen LogP contribution in [0, 0.1) is 0 Å². The Kier molecular flexibility index (Phi) is 4.13. The molecule has 0 radical (unpaired) electrons. The number of aliphatic imine (C=N–C) groups is 1. The molecule has 1 aromatic carbocycles. The molecule has 0 saturated carbocycles. The second-order valence-electron chi connectivity index (χ2n) is 4.51. The normalized spacial score (nSPS) is 11.5. The second-order valence-corrected chi connectivity index (χ2v) is 4.51. The van der Waals surface area contributed by atoms with Gasteiger partial charge in [0, 0.05) is 11.9 Å². The van der Waals surface area contributed by atoms with Gasteiger partial charge < -0.3 is 11.1 Å². The first-order chi connectivity index (χ1) is 9.15. The van der Waals surface area contributed by atoms with Crippen molar-refractivity contribution in [1.82, 2.24) is 10.3 Å². The van der Waals surface area contributed by atoms with Crippen LogP contribution in [-0.4, -0.2) is 17.5 Å². The van der Waals surface area contributed by atoms with Crippen LogP contribution in [0.15, 0.2) is 53.5 Å². The van der Waals surface area contributed by atoms with Crippen LogP contribution in [0.25, 0.3) is 10.9 Å². The van der Waals surface area contributed by atoms with Gasteiger partial charge in [-0.1, -0.05) is 36.4 Å². The lowest BCUT2D eigenvalue weighted by Gasteiger charge is -2.05. The molecule has 0 spiro atoms. The van der Waals surface area contributed by atoms with Crippen molar-refractivity contribution in [1.29, 1.82) is 0 Å². The standard InChI is InChI=1S/C15H18N4/c1-11(2)9-17-15(16)18-10-13-8-7-12-5-3-4-6-14(12)19-13/h3-8H,1,9-10H2,2H3,(H3,16,17,18). The van der Waals surface area contributed by atoms with Crippen LogP contribution in [0.2, 0.25) is 0 Å². The number of nitrogens with one attached hydrogen (secondary N) is 1. The van der Waals surface area contributed by atoms with Gasteiger partial charge in [0.2, 0.25) is 0 Å². The fraction of sp³-hybridized carbons (Fsp3) is 0.200. The summed E-state index contributed by atoms with van der Waals surface area (Å²) in [7, 11) is 0. The van der Waals surface area contributed by atoms with Crippen molar-refractivity contribution >= 4 is 16.9 Å². The van der Waals surface area contributed by atoms with Crippen molar-refractivity contribution in [3.8, 4) is 0 Å². The van der Waals surface area contributed by atoms with E-state index in [0.717, 1.165) is 22.2 Å². The van der Waals surface area contributed by atoms with Crippen LogP contribution in [0.1, 0.15) is 12.6 Å². The van der Waals surface area contributed by atoms with Crippen LogP contribution in [0.5, 0.6) is 0 Å². The molecule has 0 aliphatic carbocycles. The quantitative estimate of drug-likeness (QED) is 0.499. The Labute approximate surface area is 113 Å². The highest BCUT2D eigenvalue weighted by molar-refractivity contribution is 5.79. The predicted molar refractivity (Wildman–Crippen MR) is 79.9 cm³/mol. The van der Waals surface area contributed by atoms with Gasteiger partial charge in [-0.15, -0.1) is 0 Å². The number of nitrogens with zero attached hydrogens (tertiary/aromatic N) is 2. The van der Waals surface area contributed by atoms with E-state index in [1.165, 1.54) is 0 Å². The average molecular weight is 254 g/mol. The van der Waals surface area contributed by atoms with Crippen molar-refractivity contribution in [3.05, 3.63) is 54.2 Å². The van der Waals surface area contributed by atoms with Crippen molar-refractivity contribution in [2.24, 2.45) is 10.7 Å². The molecule has 0 bridgehead atoms. The number of pyridine rings is 1. The van der Waals surface area contributed by atoms with Gasteiger partial charge in [-0.2, -0.15) is 0 Å². The third-order valence-electron chi connectivity index (χ3n) is 2.64. The minimum Gasteiger partial charge on any atom is -0.370 e. The van der Waals surface area contributed by atoms with E-state index in [2.05, 4.69) is 21.9 Å². The summed E-state index contributed by atoms with van der Waals surface area (Å²) in [4.78, 5) is 8.79. The predicted octanol–water partition coefficient (Wildman–Crippen LogP) is 2.22. The highest BCUT2D eigenvalue weighted by atomic mass is 15.1. The Bertz CT molecular complexity index is 616. The molecule has 0 amide bonds. The Hall–Kier alpha value is -2.36. The molecule has 19 heavy (non-hydrogen) atoms. The van der Waals surface area contributed by atoms with Gasteiger partial charge in [0.25, 0.3) is 0 Å². The van der Waals surface area contributed by atoms with Gasteiger partial charge >= 0.3 is 0 Å². The molecule has 98 valence electrons. The Morgan fingerprint density at radius 3 is 2.89 bits per heavy atom. The number of para-hydroxylation sites is 1. The summed E-state index contributed by atoms with van der Waals surface area (Å²) in [5, 5.41) is 4.12. The fourth-order valence-electron chi connectivity index (χ4n) is 1.66. The molecule has 4 nitrogen and oxygen atoms in total. The van der Waals surface area contributed by atoms with E-state index in [9.17, 15) is 0 Å². The molecule has 2 rings (SSSR count). The van der Waals surface area contributed by atoms with E-state index < -0.39 is 0 Å². The molecule has 0 atom stereocenters. The maximum Gasteiger partial charge on any atom is 0.189 e. The number of nitrogens with two attached hydrogens (primary N) is 1. The van der Waals surface area contributed by atoms with Crippen molar-refractivity contribution in [3.63, 3.8) is 0 Å². The number of hydrogen-bond acceptors (Lipinski definition) is 2. The minimum absolute atomic E-state index is 0.415. The zero-order valence-corrected chi connectivity index (χ0v) is 11.1. The molecular weight excluding hydrogens is 236 g/mol. The Morgan fingerprint density at radius 1 is 1.32 bits per heavy atom. The lowest BCUT2D eigenvalue weighted by atomic mass is 10.2. The lowest BCUT2D eigenvalue weighted by molar-refractivity contribution is 0.926. The van der Waals surface area contributed by atoms with Gasteiger partial charge in [0.05, 0.1) is 17.8 Å². The van der Waals surface area contributed by atoms with E-state index in [1.807, 2.05) is 43.3 Å². The molecule has 0 aliphatic heterocycles. The first-order valence-corrected chi connectivity index (χ1v) is 6.18. The zero-order chi connectivity index (χ0) is 13.7. The summed E-state index contributed by atoms with van der Waals surface area (Å²) >= 11 is 0. The highest BCUT2D eigenvalue weighted by Gasteiger charge is 1.98. The summed E-state index contributed by atoms with van der Waals surface area (Å²) in [5.74, 6) is 0.415. The van der Waals surface area contributed by atoms with Crippen LogP contribution in [-0.2, 0) is 6.54 Å². The summed E-state index contributed by atoms with van der Waals surface area (Å²) in [6.45, 7) is 6.84. The van der Waals surface area contributed by atoms with E-state index in [1.54, 1.807) is 0 Å². The largest absolute Gasteiger partial charge is 0.370 e. The zero-order valence-electron chi connectivity index (χ0n) is 11.1. The molecule has 0 fully saturated rings. The van der Waals surface area contributed by atoms with E-state index in [0.29, 0.717) is 19.0 Å². The van der Waals surface area contributed by atoms with Gasteiger partial charge in [-0.3, -0.25) is 4.98 Å². The van der Waals surface area contributed by atoms with Crippen LogP contribution in [0.3, 0.4) is 0 Å². The first-order valence-electron chi connectivity index (χ1n) is 6.18. The van der Waals surface area contributed by atoms with Crippen LogP contribution in [0.4, 0.5) is 0 Å². The van der Waals surface area contributed by atoms with E-state index in [4.69, 9.17) is 5.73 Å². The van der Waals surface area contributed by atoms with Gasteiger partial charge in [0.1, 0.15) is 0 Å². The van der Waals surface area contributed by atoms with Crippen LogP contribution >= 0.6 is 0 Å². The molecule has 0 unspecified atom stereocenters. The van der Waals surface area contributed by atoms with E-state index in [-0.39, 0.29) is 0 Å². The molecular formula is C15H18N4. The minimum atomic E-state index is 0.415. The molecule has 3 N–H and O–H groups in total. The number of rotatable bonds is 4. The van der Waals surface area contributed by atoms with Gasteiger partial charge in [-0.25, -0.2) is 4.99 Å². The molecule has 0 aliphatic rings. The highest BCUT2D eigenvalue weighted by Crippen LogP contribution is 2.12. The summed E-state index contributed by atoms with van der Waals surface area (Å²) in [6.07, 6.45) is 0. The van der Waals surface area contributed by atoms with Crippen molar-refractivity contribution in [2.45, 2.75) is 13.5 Å². The SMILES string of the molecule is C=C(C)CNC(N)=NCc1ccc2ccccc2n1. The monoisotopic (exact) mass is 254 g/mol. The lowest BCUT2D eigenvalue weighted by Crippen LogP contribution is -2.32. The van der Waals surface area contributed by atoms with Gasteiger partial charge in [0.15, 0.2) is 5.96 Å². The second kappa shape index (κ2) is 6.00. The molecule has 1 aromatic heterocycles. The number of hydrogen-bond donors (Lipinski definition) is 2. The van der Waals surface area contributed by atoms with Crippen molar-refractivity contribution in [2.75, 3.05) is 6.54 Å². The third-order valence-corrected chi connectivity index (χ3v) is 2.64. The number of benzene rings is 1. The fourth-order valence-corrected chi connectivity index (χ4v) is 1.66. The molecule has 4 heteroatoms. The summed E-state index contributed by atoms with van der Waals surface area (Å²) in [6, 6.07) is 12.0. The van der Waals surface area contributed by atoms with Crippen LogP contribution < -0.4 is 11.1 Å². The average Bonchev–Trinajstić information content (AvgIpc) is 2.42. The topological polar surface area (TPSA) is 63.3 Å². The number of fused-ring (bicyclic) bond motifs is 1. The molecule has 1 heterocycles. The molecule has 2 aromatic rings. The van der Waals surface area contributed by atoms with Gasteiger partial charge in [-0.05, 0) is 19.1 Å². The number of aromatic nitrogens is 1. The summed E-state index contributed by atoms with van der Waals surface area (Å²) < 4.78 is 0. The summed E-state index contributed by atoms with van der Waals surface area (Å²) in [5.41, 5.74) is 8.65.